The number of nitrogens with one attached hydrogen (secondary N) is 3. The third kappa shape index (κ3) is 6.38. The summed E-state index contributed by atoms with van der Waals surface area (Å²) in [6.07, 6.45) is 0. The van der Waals surface area contributed by atoms with Crippen LogP contribution in [0.25, 0.3) is 0 Å². The smallest absolute Gasteiger partial charge is 0.247 e. The van der Waals surface area contributed by atoms with E-state index in [0.29, 0.717) is 16.4 Å². The van der Waals surface area contributed by atoms with Crippen LogP contribution >= 0.6 is 11.6 Å². The Labute approximate surface area is 153 Å². The summed E-state index contributed by atoms with van der Waals surface area (Å²) in [4.78, 5) is 35.6. The molecule has 138 valence electrons. The van der Waals surface area contributed by atoms with E-state index in [1.165, 1.54) is 6.92 Å². The summed E-state index contributed by atoms with van der Waals surface area (Å²) in [5.74, 6) is -0.818. The number of benzene rings is 1. The van der Waals surface area contributed by atoms with Gasteiger partial charge >= 0.3 is 0 Å². The number of hydrogen-bond acceptors (Lipinski definition) is 3. The molecule has 0 bridgehead atoms. The van der Waals surface area contributed by atoms with Crippen molar-refractivity contribution in [2.75, 3.05) is 10.6 Å². The normalized spacial score (nSPS) is 12.5. The van der Waals surface area contributed by atoms with Gasteiger partial charge in [-0.2, -0.15) is 0 Å². The molecule has 0 aliphatic carbocycles. The van der Waals surface area contributed by atoms with E-state index < -0.39 is 11.5 Å². The summed E-state index contributed by atoms with van der Waals surface area (Å²) in [5.41, 5.74) is 0.417. The van der Waals surface area contributed by atoms with Gasteiger partial charge in [-0.15, -0.1) is 0 Å². The maximum atomic E-state index is 12.4. The minimum atomic E-state index is -0.642. The first-order valence-electron chi connectivity index (χ1n) is 8.10. The van der Waals surface area contributed by atoms with Gasteiger partial charge in [-0.3, -0.25) is 14.4 Å². The van der Waals surface area contributed by atoms with E-state index in [2.05, 4.69) is 16.0 Å². The van der Waals surface area contributed by atoms with Crippen LogP contribution in [0.1, 0.15) is 41.5 Å². The average molecular weight is 368 g/mol. The Hall–Kier alpha value is -2.08. The summed E-state index contributed by atoms with van der Waals surface area (Å²) in [6.45, 7) is 10.5. The number of halogens is 1. The Morgan fingerprint density at radius 1 is 1.08 bits per heavy atom. The van der Waals surface area contributed by atoms with Crippen molar-refractivity contribution < 1.29 is 14.4 Å². The van der Waals surface area contributed by atoms with Crippen LogP contribution in [0.5, 0.6) is 0 Å². The van der Waals surface area contributed by atoms with E-state index in [-0.39, 0.29) is 23.6 Å². The van der Waals surface area contributed by atoms with Gasteiger partial charge in [0, 0.05) is 18.0 Å². The molecule has 3 N–H and O–H groups in total. The fourth-order valence-corrected chi connectivity index (χ4v) is 2.21. The molecule has 0 heterocycles. The molecule has 6 nitrogen and oxygen atoms in total. The van der Waals surface area contributed by atoms with Crippen LogP contribution in [0.4, 0.5) is 11.4 Å². The molecule has 7 heteroatoms. The first-order valence-corrected chi connectivity index (χ1v) is 8.48. The zero-order chi connectivity index (χ0) is 19.4. The zero-order valence-corrected chi connectivity index (χ0v) is 16.2. The van der Waals surface area contributed by atoms with Gasteiger partial charge in [0.05, 0.1) is 10.7 Å². The largest absolute Gasteiger partial charge is 0.344 e. The monoisotopic (exact) mass is 367 g/mol. The molecule has 1 aromatic rings. The summed E-state index contributed by atoms with van der Waals surface area (Å²) in [5, 5.41) is 8.43. The van der Waals surface area contributed by atoms with Crippen molar-refractivity contribution >= 4 is 40.7 Å². The van der Waals surface area contributed by atoms with Crippen molar-refractivity contribution in [3.05, 3.63) is 23.2 Å². The number of carbonyl (C=O) groups excluding carboxylic acids is 3. The maximum absolute atomic E-state index is 12.4. The van der Waals surface area contributed by atoms with E-state index in [0.717, 1.165) is 0 Å². The fourth-order valence-electron chi connectivity index (χ4n) is 1.98. The maximum Gasteiger partial charge on any atom is 0.247 e. The van der Waals surface area contributed by atoms with Gasteiger partial charge in [0.2, 0.25) is 17.7 Å². The van der Waals surface area contributed by atoms with Gasteiger partial charge in [-0.1, -0.05) is 46.2 Å². The van der Waals surface area contributed by atoms with Gasteiger partial charge in [0.25, 0.3) is 0 Å². The quantitative estimate of drug-likeness (QED) is 0.745. The Morgan fingerprint density at radius 2 is 1.68 bits per heavy atom. The molecule has 0 aliphatic heterocycles. The molecule has 0 saturated carbocycles. The molecule has 0 radical (unpaired) electrons. The van der Waals surface area contributed by atoms with Crippen molar-refractivity contribution in [1.82, 2.24) is 5.32 Å². The minimum Gasteiger partial charge on any atom is -0.344 e. The topological polar surface area (TPSA) is 87.3 Å². The summed E-state index contributed by atoms with van der Waals surface area (Å²) in [6, 6.07) is 4.19. The number of hydrogen-bond donors (Lipinski definition) is 3. The Balaban J connectivity index is 2.87. The van der Waals surface area contributed by atoms with Crippen molar-refractivity contribution in [2.45, 2.75) is 47.6 Å². The molecule has 1 aromatic carbocycles. The van der Waals surface area contributed by atoms with Gasteiger partial charge in [-0.05, 0) is 24.1 Å². The van der Waals surface area contributed by atoms with Crippen LogP contribution in [0.15, 0.2) is 18.2 Å². The number of amides is 3. The average Bonchev–Trinajstić information content (AvgIpc) is 2.45. The van der Waals surface area contributed by atoms with Crippen LogP contribution in [-0.4, -0.2) is 23.8 Å². The third-order valence-electron chi connectivity index (χ3n) is 3.47. The molecule has 0 fully saturated rings. The molecular formula is C18H26ClN3O3. The van der Waals surface area contributed by atoms with Crippen LogP contribution in [0.2, 0.25) is 5.02 Å². The first kappa shape index (κ1) is 21.0. The standard InChI is InChI=1S/C18H26ClN3O3/c1-10(2)15(20-11(3)23)16(24)21-12-7-8-14(13(19)9-12)22-17(25)18(4,5)6/h7-10,15H,1-6H3,(H,20,23)(H,21,24)(H,22,25)/t15-/m1/s1. The lowest BCUT2D eigenvalue weighted by Gasteiger charge is -2.21. The van der Waals surface area contributed by atoms with Gasteiger partial charge in [-0.25, -0.2) is 0 Å². The second kappa shape index (κ2) is 8.34. The van der Waals surface area contributed by atoms with E-state index in [1.807, 2.05) is 13.8 Å². The number of carbonyl (C=O) groups is 3. The van der Waals surface area contributed by atoms with Gasteiger partial charge in [0.1, 0.15) is 6.04 Å². The highest BCUT2D eigenvalue weighted by Crippen LogP contribution is 2.27. The summed E-state index contributed by atoms with van der Waals surface area (Å²) >= 11 is 6.20. The van der Waals surface area contributed by atoms with E-state index in [9.17, 15) is 14.4 Å². The van der Waals surface area contributed by atoms with Crippen LogP contribution in [0, 0.1) is 11.3 Å². The Morgan fingerprint density at radius 3 is 2.12 bits per heavy atom. The highest BCUT2D eigenvalue weighted by atomic mass is 35.5. The molecule has 25 heavy (non-hydrogen) atoms. The highest BCUT2D eigenvalue weighted by Gasteiger charge is 2.24. The SMILES string of the molecule is CC(=O)N[C@@H](C(=O)Nc1ccc(NC(=O)C(C)(C)C)c(Cl)c1)C(C)C. The van der Waals surface area contributed by atoms with Gasteiger partial charge in [0.15, 0.2) is 0 Å². The lowest BCUT2D eigenvalue weighted by molar-refractivity contribution is -0.126. The molecular weight excluding hydrogens is 342 g/mol. The van der Waals surface area contributed by atoms with E-state index in [1.54, 1.807) is 39.0 Å². The second-order valence-electron chi connectivity index (χ2n) is 7.31. The second-order valence-corrected chi connectivity index (χ2v) is 7.72. The zero-order valence-electron chi connectivity index (χ0n) is 15.5. The van der Waals surface area contributed by atoms with Crippen LogP contribution in [0.3, 0.4) is 0 Å². The predicted molar refractivity (Wildman–Crippen MR) is 101 cm³/mol. The van der Waals surface area contributed by atoms with E-state index >= 15 is 0 Å². The molecule has 1 rings (SSSR count). The molecule has 3 amide bonds. The van der Waals surface area contributed by atoms with Crippen LogP contribution in [-0.2, 0) is 14.4 Å². The first-order chi connectivity index (χ1) is 11.4. The van der Waals surface area contributed by atoms with Crippen molar-refractivity contribution in [1.29, 1.82) is 0 Å². The van der Waals surface area contributed by atoms with Crippen molar-refractivity contribution in [3.63, 3.8) is 0 Å². The van der Waals surface area contributed by atoms with Crippen molar-refractivity contribution in [3.8, 4) is 0 Å². The molecule has 0 unspecified atom stereocenters. The molecule has 0 saturated heterocycles. The highest BCUT2D eigenvalue weighted by molar-refractivity contribution is 6.34. The molecule has 0 aliphatic rings. The third-order valence-corrected chi connectivity index (χ3v) is 3.79. The number of anilines is 2. The summed E-state index contributed by atoms with van der Waals surface area (Å²) < 4.78 is 0. The van der Waals surface area contributed by atoms with E-state index in [4.69, 9.17) is 11.6 Å². The Kier molecular flexibility index (Phi) is 6.99. The fraction of sp³-hybridized carbons (Fsp3) is 0.500. The van der Waals surface area contributed by atoms with Gasteiger partial charge < -0.3 is 16.0 Å². The molecule has 0 spiro atoms. The minimum absolute atomic E-state index is 0.0651. The lowest BCUT2D eigenvalue weighted by atomic mass is 9.95. The lowest BCUT2D eigenvalue weighted by Crippen LogP contribution is -2.46. The number of rotatable bonds is 5. The summed E-state index contributed by atoms with van der Waals surface area (Å²) in [7, 11) is 0. The molecule has 0 aromatic heterocycles. The predicted octanol–water partition coefficient (Wildman–Crippen LogP) is 3.42. The Bertz CT molecular complexity index is 666. The molecule has 1 atom stereocenters. The van der Waals surface area contributed by atoms with Crippen molar-refractivity contribution in [2.24, 2.45) is 11.3 Å². The van der Waals surface area contributed by atoms with Crippen LogP contribution < -0.4 is 16.0 Å².